The average Bonchev–Trinajstić information content (AvgIpc) is 2.48. The number of ether oxygens (including phenoxy) is 2. The lowest BCUT2D eigenvalue weighted by Gasteiger charge is -2.25. The van der Waals surface area contributed by atoms with E-state index in [-0.39, 0.29) is 17.9 Å². The van der Waals surface area contributed by atoms with Gasteiger partial charge in [0.25, 0.3) is 0 Å². The number of anilines is 1. The first-order valence-electron chi connectivity index (χ1n) is 7.03. The molecule has 5 nitrogen and oxygen atoms in total. The minimum Gasteiger partial charge on any atom is -0.495 e. The molecule has 3 N–H and O–H groups in total. The van der Waals surface area contributed by atoms with Crippen LogP contribution in [0.4, 0.5) is 5.69 Å². The summed E-state index contributed by atoms with van der Waals surface area (Å²) in [5, 5.41) is 3.32. The Morgan fingerprint density at radius 1 is 1.19 bits per heavy atom. The lowest BCUT2D eigenvalue weighted by Crippen LogP contribution is -2.32. The van der Waals surface area contributed by atoms with E-state index in [0.717, 1.165) is 25.7 Å². The highest BCUT2D eigenvalue weighted by molar-refractivity contribution is 6.32. The van der Waals surface area contributed by atoms with Crippen molar-refractivity contribution >= 4 is 23.2 Å². The summed E-state index contributed by atoms with van der Waals surface area (Å²) in [4.78, 5) is 12.3. The van der Waals surface area contributed by atoms with Crippen molar-refractivity contribution in [2.75, 3.05) is 19.5 Å². The molecule has 0 heterocycles. The Morgan fingerprint density at radius 2 is 1.81 bits per heavy atom. The number of nitrogens with two attached hydrogens (primary N) is 1. The first-order valence-corrected chi connectivity index (χ1v) is 7.41. The molecule has 0 bridgehead atoms. The van der Waals surface area contributed by atoms with E-state index in [2.05, 4.69) is 5.32 Å². The van der Waals surface area contributed by atoms with E-state index in [9.17, 15) is 4.79 Å². The van der Waals surface area contributed by atoms with Crippen LogP contribution in [0.3, 0.4) is 0 Å². The van der Waals surface area contributed by atoms with Crippen LogP contribution in [0.2, 0.25) is 5.02 Å². The highest BCUT2D eigenvalue weighted by Crippen LogP contribution is 2.36. The maximum absolute atomic E-state index is 12.3. The Morgan fingerprint density at radius 3 is 2.38 bits per heavy atom. The maximum atomic E-state index is 12.3. The van der Waals surface area contributed by atoms with Crippen LogP contribution in [0.5, 0.6) is 11.5 Å². The normalized spacial score (nSPS) is 21.7. The van der Waals surface area contributed by atoms with Gasteiger partial charge in [-0.05, 0) is 31.7 Å². The van der Waals surface area contributed by atoms with Crippen molar-refractivity contribution in [3.05, 3.63) is 17.2 Å². The van der Waals surface area contributed by atoms with E-state index < -0.39 is 0 Å². The van der Waals surface area contributed by atoms with Gasteiger partial charge in [0.2, 0.25) is 5.91 Å². The van der Waals surface area contributed by atoms with Gasteiger partial charge in [0.1, 0.15) is 11.5 Å². The van der Waals surface area contributed by atoms with Crippen molar-refractivity contribution in [3.8, 4) is 11.5 Å². The number of rotatable bonds is 4. The number of hydrogen-bond donors (Lipinski definition) is 2. The molecule has 2 rings (SSSR count). The summed E-state index contributed by atoms with van der Waals surface area (Å²) >= 11 is 6.10. The Balaban J connectivity index is 2.11. The third kappa shape index (κ3) is 3.80. The molecule has 1 aromatic carbocycles. The van der Waals surface area contributed by atoms with Gasteiger partial charge in [-0.3, -0.25) is 4.79 Å². The molecule has 0 spiro atoms. The summed E-state index contributed by atoms with van der Waals surface area (Å²) in [7, 11) is 3.07. The van der Waals surface area contributed by atoms with E-state index >= 15 is 0 Å². The summed E-state index contributed by atoms with van der Waals surface area (Å²) in [5.41, 5.74) is 6.42. The third-order valence-electron chi connectivity index (χ3n) is 3.87. The highest BCUT2D eigenvalue weighted by atomic mass is 35.5. The van der Waals surface area contributed by atoms with Gasteiger partial charge in [0.15, 0.2) is 0 Å². The fourth-order valence-electron chi connectivity index (χ4n) is 2.57. The van der Waals surface area contributed by atoms with Gasteiger partial charge in [0, 0.05) is 18.0 Å². The summed E-state index contributed by atoms with van der Waals surface area (Å²) < 4.78 is 10.4. The highest BCUT2D eigenvalue weighted by Gasteiger charge is 2.25. The Hall–Kier alpha value is -1.46. The minimum absolute atomic E-state index is 0.00427. The molecule has 116 valence electrons. The van der Waals surface area contributed by atoms with Crippen molar-refractivity contribution in [1.29, 1.82) is 0 Å². The standard InChI is InChI=1S/C15H21ClN2O3/c1-20-13-8-14(21-2)12(7-11(13)16)18-15(19)9-3-5-10(17)6-4-9/h7-10H,3-6,17H2,1-2H3,(H,18,19). The van der Waals surface area contributed by atoms with Gasteiger partial charge >= 0.3 is 0 Å². The molecule has 1 aromatic rings. The van der Waals surface area contributed by atoms with E-state index in [1.807, 2.05) is 0 Å². The number of nitrogens with one attached hydrogen (secondary N) is 1. The quantitative estimate of drug-likeness (QED) is 0.896. The molecule has 0 atom stereocenters. The zero-order valence-electron chi connectivity index (χ0n) is 12.3. The second kappa shape index (κ2) is 7.00. The molecule has 1 saturated carbocycles. The lowest BCUT2D eigenvalue weighted by atomic mass is 9.86. The predicted molar refractivity (Wildman–Crippen MR) is 83.1 cm³/mol. The molecular formula is C15H21ClN2O3. The number of benzene rings is 1. The first-order chi connectivity index (χ1) is 10.0. The number of methoxy groups -OCH3 is 2. The lowest BCUT2D eigenvalue weighted by molar-refractivity contribution is -0.120. The molecule has 0 unspecified atom stereocenters. The molecular weight excluding hydrogens is 292 g/mol. The Labute approximate surface area is 129 Å². The SMILES string of the molecule is COc1cc(OC)c(NC(=O)C2CCC(N)CC2)cc1Cl. The predicted octanol–water partition coefficient (Wildman–Crippen LogP) is 2.81. The van der Waals surface area contributed by atoms with Crippen LogP contribution in [0.1, 0.15) is 25.7 Å². The fourth-order valence-corrected chi connectivity index (χ4v) is 2.81. The average molecular weight is 313 g/mol. The third-order valence-corrected chi connectivity index (χ3v) is 4.17. The zero-order chi connectivity index (χ0) is 15.4. The Bertz CT molecular complexity index is 514. The van der Waals surface area contributed by atoms with Crippen molar-refractivity contribution in [3.63, 3.8) is 0 Å². The largest absolute Gasteiger partial charge is 0.495 e. The van der Waals surface area contributed by atoms with Crippen LogP contribution in [0, 0.1) is 5.92 Å². The van der Waals surface area contributed by atoms with Gasteiger partial charge in [-0.25, -0.2) is 0 Å². The number of carbonyl (C=O) groups is 1. The summed E-state index contributed by atoms with van der Waals surface area (Å²) in [6, 6.07) is 3.53. The number of halogens is 1. The van der Waals surface area contributed by atoms with E-state index in [0.29, 0.717) is 22.2 Å². The molecule has 6 heteroatoms. The van der Waals surface area contributed by atoms with Crippen LogP contribution >= 0.6 is 11.6 Å². The number of amides is 1. The molecule has 0 radical (unpaired) electrons. The summed E-state index contributed by atoms with van der Waals surface area (Å²) in [5.74, 6) is 1.02. The molecule has 21 heavy (non-hydrogen) atoms. The monoisotopic (exact) mass is 312 g/mol. The van der Waals surface area contributed by atoms with Gasteiger partial charge in [-0.1, -0.05) is 11.6 Å². The first kappa shape index (κ1) is 15.9. The van der Waals surface area contributed by atoms with Crippen LogP contribution in [0.25, 0.3) is 0 Å². The zero-order valence-corrected chi connectivity index (χ0v) is 13.1. The van der Waals surface area contributed by atoms with Crippen molar-refractivity contribution in [2.45, 2.75) is 31.7 Å². The van der Waals surface area contributed by atoms with Crippen LogP contribution in [-0.4, -0.2) is 26.2 Å². The van der Waals surface area contributed by atoms with Crippen LogP contribution in [-0.2, 0) is 4.79 Å². The van der Waals surface area contributed by atoms with Gasteiger partial charge in [-0.2, -0.15) is 0 Å². The van der Waals surface area contributed by atoms with E-state index in [4.69, 9.17) is 26.8 Å². The molecule has 1 amide bonds. The molecule has 1 aliphatic carbocycles. The molecule has 0 saturated heterocycles. The van der Waals surface area contributed by atoms with Crippen molar-refractivity contribution in [2.24, 2.45) is 11.7 Å². The summed E-state index contributed by atoms with van der Waals surface area (Å²) in [6.07, 6.45) is 3.41. The van der Waals surface area contributed by atoms with Gasteiger partial charge < -0.3 is 20.5 Å². The topological polar surface area (TPSA) is 73.6 Å². The van der Waals surface area contributed by atoms with E-state index in [1.165, 1.54) is 14.2 Å². The van der Waals surface area contributed by atoms with E-state index in [1.54, 1.807) is 12.1 Å². The molecule has 1 aliphatic rings. The summed E-state index contributed by atoms with van der Waals surface area (Å²) in [6.45, 7) is 0. The van der Waals surface area contributed by atoms with Crippen LogP contribution in [0.15, 0.2) is 12.1 Å². The molecule has 1 fully saturated rings. The smallest absolute Gasteiger partial charge is 0.227 e. The number of hydrogen-bond acceptors (Lipinski definition) is 4. The fraction of sp³-hybridized carbons (Fsp3) is 0.533. The van der Waals surface area contributed by atoms with Gasteiger partial charge in [0.05, 0.1) is 24.9 Å². The molecule has 0 aliphatic heterocycles. The minimum atomic E-state index is -0.0126. The van der Waals surface area contributed by atoms with Crippen molar-refractivity contribution < 1.29 is 14.3 Å². The maximum Gasteiger partial charge on any atom is 0.227 e. The second-order valence-corrected chi connectivity index (χ2v) is 5.70. The Kier molecular flexibility index (Phi) is 5.31. The second-order valence-electron chi connectivity index (χ2n) is 5.29. The van der Waals surface area contributed by atoms with Gasteiger partial charge in [-0.15, -0.1) is 0 Å². The van der Waals surface area contributed by atoms with Crippen LogP contribution < -0.4 is 20.5 Å². The van der Waals surface area contributed by atoms with Crippen molar-refractivity contribution in [1.82, 2.24) is 0 Å². The molecule has 0 aromatic heterocycles. The number of carbonyl (C=O) groups excluding carboxylic acids is 1.